The van der Waals surface area contributed by atoms with Crippen LogP contribution in [0, 0.1) is 0 Å². The summed E-state index contributed by atoms with van der Waals surface area (Å²) >= 11 is 0. The topological polar surface area (TPSA) is 16.4 Å². The number of nitrogens with zero attached hydrogens (tertiary/aromatic N) is 1. The molecule has 0 fully saturated rings. The van der Waals surface area contributed by atoms with Crippen molar-refractivity contribution >= 4 is 39.0 Å². The molecule has 0 aliphatic heterocycles. The van der Waals surface area contributed by atoms with Gasteiger partial charge in [0.2, 0.25) is 0 Å². The van der Waals surface area contributed by atoms with E-state index in [9.17, 15) is 0 Å². The molecule has 0 N–H and O–H groups in total. The summed E-state index contributed by atoms with van der Waals surface area (Å²) in [6.45, 7) is 4.67. The first kappa shape index (κ1) is 34.8. The summed E-state index contributed by atoms with van der Waals surface area (Å²) < 4.78 is 6.12. The van der Waals surface area contributed by atoms with Crippen molar-refractivity contribution in [1.29, 1.82) is 0 Å². The summed E-state index contributed by atoms with van der Waals surface area (Å²) in [6, 6.07) is 76.9. The maximum Gasteiger partial charge on any atom is 0.135 e. The van der Waals surface area contributed by atoms with Crippen molar-refractivity contribution in [3.8, 4) is 55.6 Å². The van der Waals surface area contributed by atoms with E-state index in [1.165, 1.54) is 55.6 Å². The number of hydrogen-bond donors (Lipinski definition) is 0. The normalized spacial score (nSPS) is 12.7. The summed E-state index contributed by atoms with van der Waals surface area (Å²) in [5.74, 6) is 0. The van der Waals surface area contributed by atoms with Gasteiger partial charge in [0.25, 0.3) is 0 Å². The van der Waals surface area contributed by atoms with E-state index >= 15 is 0 Å². The van der Waals surface area contributed by atoms with Gasteiger partial charge < -0.3 is 9.32 Å². The van der Waals surface area contributed by atoms with Crippen LogP contribution in [0.3, 0.4) is 0 Å². The average molecular weight is 756 g/mol. The molecule has 11 rings (SSSR count). The summed E-state index contributed by atoms with van der Waals surface area (Å²) in [7, 11) is 0. The second-order valence-corrected chi connectivity index (χ2v) is 16.2. The Morgan fingerprint density at radius 2 is 0.814 bits per heavy atom. The molecule has 9 aromatic carbocycles. The van der Waals surface area contributed by atoms with E-state index in [0.29, 0.717) is 0 Å². The van der Waals surface area contributed by atoms with Crippen molar-refractivity contribution in [1.82, 2.24) is 0 Å². The standard InChI is InChI=1S/C57H41NO/c1-57(2)53-17-8-6-15-49(53)51-36-44(27-33-54(51)57)41-21-19-39(20-22-41)40-23-29-46(30-24-40)58(48-14-10-13-43(35-48)38-11-4-3-5-12-38)47-31-25-42(26-32-47)45-28-34-56-52(37-45)50-16-7-9-18-55(50)59-56/h3-37H,1-2H3. The second-order valence-electron chi connectivity index (χ2n) is 16.2. The molecule has 2 heteroatoms. The zero-order chi connectivity index (χ0) is 39.5. The molecule has 1 aliphatic rings. The molecule has 0 atom stereocenters. The average Bonchev–Trinajstić information content (AvgIpc) is 3.78. The molecule has 0 amide bonds. The van der Waals surface area contributed by atoms with Crippen LogP contribution in [0.15, 0.2) is 217 Å². The lowest BCUT2D eigenvalue weighted by Crippen LogP contribution is -2.14. The third-order valence-corrected chi connectivity index (χ3v) is 12.3. The minimum Gasteiger partial charge on any atom is -0.456 e. The molecule has 1 heterocycles. The van der Waals surface area contributed by atoms with Crippen molar-refractivity contribution in [3.63, 3.8) is 0 Å². The lowest BCUT2D eigenvalue weighted by atomic mass is 9.82. The van der Waals surface area contributed by atoms with Crippen LogP contribution in [-0.4, -0.2) is 0 Å². The minimum absolute atomic E-state index is 0.0105. The first-order chi connectivity index (χ1) is 29.0. The van der Waals surface area contributed by atoms with Crippen LogP contribution in [-0.2, 0) is 5.41 Å². The first-order valence-electron chi connectivity index (χ1n) is 20.4. The van der Waals surface area contributed by atoms with Crippen molar-refractivity contribution in [2.75, 3.05) is 4.90 Å². The third-order valence-electron chi connectivity index (χ3n) is 12.3. The molecule has 59 heavy (non-hydrogen) atoms. The predicted octanol–water partition coefficient (Wildman–Crippen LogP) is 16.0. The zero-order valence-electron chi connectivity index (χ0n) is 33.1. The molecule has 0 unspecified atom stereocenters. The molecule has 0 saturated heterocycles. The summed E-state index contributed by atoms with van der Waals surface area (Å²) in [5, 5.41) is 2.27. The van der Waals surface area contributed by atoms with E-state index < -0.39 is 0 Å². The maximum absolute atomic E-state index is 6.12. The number of para-hydroxylation sites is 1. The highest BCUT2D eigenvalue weighted by Crippen LogP contribution is 2.49. The smallest absolute Gasteiger partial charge is 0.135 e. The van der Waals surface area contributed by atoms with Gasteiger partial charge in [-0.1, -0.05) is 166 Å². The van der Waals surface area contributed by atoms with Gasteiger partial charge in [0, 0.05) is 33.2 Å². The van der Waals surface area contributed by atoms with Gasteiger partial charge >= 0.3 is 0 Å². The van der Waals surface area contributed by atoms with Gasteiger partial charge in [-0.2, -0.15) is 0 Å². The fourth-order valence-corrected chi connectivity index (χ4v) is 9.17. The monoisotopic (exact) mass is 755 g/mol. The van der Waals surface area contributed by atoms with Gasteiger partial charge in [-0.25, -0.2) is 0 Å². The lowest BCUT2D eigenvalue weighted by molar-refractivity contribution is 0.660. The van der Waals surface area contributed by atoms with Crippen LogP contribution in [0.1, 0.15) is 25.0 Å². The Balaban J connectivity index is 0.918. The van der Waals surface area contributed by atoms with Crippen LogP contribution >= 0.6 is 0 Å². The fourth-order valence-electron chi connectivity index (χ4n) is 9.17. The van der Waals surface area contributed by atoms with Crippen LogP contribution < -0.4 is 4.90 Å². The van der Waals surface area contributed by atoms with Gasteiger partial charge in [0.1, 0.15) is 11.2 Å². The van der Waals surface area contributed by atoms with E-state index in [2.05, 4.69) is 219 Å². The molecule has 0 saturated carbocycles. The van der Waals surface area contributed by atoms with Crippen molar-refractivity contribution in [2.24, 2.45) is 0 Å². The number of furan rings is 1. The highest BCUT2D eigenvalue weighted by molar-refractivity contribution is 6.06. The Morgan fingerprint density at radius 3 is 1.54 bits per heavy atom. The number of benzene rings is 9. The zero-order valence-corrected chi connectivity index (χ0v) is 33.1. The van der Waals surface area contributed by atoms with Crippen LogP contribution in [0.5, 0.6) is 0 Å². The maximum atomic E-state index is 6.12. The van der Waals surface area contributed by atoms with E-state index in [4.69, 9.17) is 4.42 Å². The molecule has 280 valence electrons. The van der Waals surface area contributed by atoms with Gasteiger partial charge in [-0.3, -0.25) is 0 Å². The Labute approximate surface area is 345 Å². The highest BCUT2D eigenvalue weighted by atomic mass is 16.3. The Morgan fingerprint density at radius 1 is 0.322 bits per heavy atom. The molecule has 1 aliphatic carbocycles. The molecular weight excluding hydrogens is 715 g/mol. The molecule has 0 radical (unpaired) electrons. The molecule has 2 nitrogen and oxygen atoms in total. The van der Waals surface area contributed by atoms with E-state index in [-0.39, 0.29) is 5.41 Å². The van der Waals surface area contributed by atoms with Crippen LogP contribution in [0.2, 0.25) is 0 Å². The van der Waals surface area contributed by atoms with Crippen LogP contribution in [0.25, 0.3) is 77.6 Å². The summed E-state index contributed by atoms with van der Waals surface area (Å²) in [4.78, 5) is 2.35. The summed E-state index contributed by atoms with van der Waals surface area (Å²) in [5.41, 5.74) is 20.2. The van der Waals surface area contributed by atoms with Gasteiger partial charge in [-0.15, -0.1) is 0 Å². The molecule has 10 aromatic rings. The van der Waals surface area contributed by atoms with Crippen LogP contribution in [0.4, 0.5) is 17.1 Å². The van der Waals surface area contributed by atoms with E-state index in [1.807, 2.05) is 12.1 Å². The first-order valence-corrected chi connectivity index (χ1v) is 20.4. The highest BCUT2D eigenvalue weighted by Gasteiger charge is 2.35. The number of rotatable bonds is 7. The molecular formula is C57H41NO. The van der Waals surface area contributed by atoms with E-state index in [1.54, 1.807) is 0 Å². The molecule has 0 spiro atoms. The molecule has 0 bridgehead atoms. The minimum atomic E-state index is 0.0105. The SMILES string of the molecule is CC1(C)c2ccccc2-c2cc(-c3ccc(-c4ccc(N(c5ccc(-c6ccc7oc8ccccc8c7c6)cc5)c5cccc(-c6ccccc6)c5)cc4)cc3)ccc21. The van der Waals surface area contributed by atoms with Crippen molar-refractivity contribution in [3.05, 3.63) is 223 Å². The Bertz CT molecular complexity index is 3150. The van der Waals surface area contributed by atoms with E-state index in [0.717, 1.165) is 50.1 Å². The van der Waals surface area contributed by atoms with Crippen molar-refractivity contribution < 1.29 is 4.42 Å². The number of fused-ring (bicyclic) bond motifs is 6. The number of hydrogen-bond acceptors (Lipinski definition) is 2. The van der Waals surface area contributed by atoms with Gasteiger partial charge in [0.05, 0.1) is 0 Å². The second kappa shape index (κ2) is 13.9. The predicted molar refractivity (Wildman–Crippen MR) is 248 cm³/mol. The lowest BCUT2D eigenvalue weighted by Gasteiger charge is -2.26. The summed E-state index contributed by atoms with van der Waals surface area (Å²) in [6.07, 6.45) is 0. The number of anilines is 3. The van der Waals surface area contributed by atoms with Crippen molar-refractivity contribution in [2.45, 2.75) is 19.3 Å². The third kappa shape index (κ3) is 6.04. The van der Waals surface area contributed by atoms with Gasteiger partial charge in [0.15, 0.2) is 0 Å². The molecule has 1 aromatic heterocycles. The van der Waals surface area contributed by atoms with Gasteiger partial charge in [-0.05, 0) is 127 Å². The Kier molecular flexibility index (Phi) is 8.20. The quantitative estimate of drug-likeness (QED) is 0.161. The fraction of sp³-hybridized carbons (Fsp3) is 0.0526. The Hall–Kier alpha value is -7.42. The largest absolute Gasteiger partial charge is 0.456 e.